The lowest BCUT2D eigenvalue weighted by molar-refractivity contribution is 0.0473. The number of imide groups is 1. The molecule has 0 N–H and O–H groups in total. The quantitative estimate of drug-likeness (QED) is 0.236. The molecule has 3 heterocycles. The average molecular weight is 478 g/mol. The topological polar surface area (TPSA) is 107 Å². The summed E-state index contributed by atoms with van der Waals surface area (Å²) in [4.78, 5) is 51.1. The molecule has 4 aromatic rings. The van der Waals surface area contributed by atoms with Crippen molar-refractivity contribution in [1.29, 1.82) is 0 Å². The first-order valence-electron chi connectivity index (χ1n) is 10.2. The third kappa shape index (κ3) is 3.78. The van der Waals surface area contributed by atoms with E-state index in [0.717, 1.165) is 10.5 Å². The van der Waals surface area contributed by atoms with Crippen molar-refractivity contribution in [3.8, 4) is 0 Å². The minimum atomic E-state index is -0.716. The first-order chi connectivity index (χ1) is 16.3. The van der Waals surface area contributed by atoms with Crippen LogP contribution < -0.4 is 5.63 Å². The highest BCUT2D eigenvalue weighted by molar-refractivity contribution is 6.32. The van der Waals surface area contributed by atoms with Crippen molar-refractivity contribution in [2.75, 3.05) is 0 Å². The van der Waals surface area contributed by atoms with Crippen molar-refractivity contribution < 1.29 is 28.0 Å². The zero-order chi connectivity index (χ0) is 24.0. The van der Waals surface area contributed by atoms with Crippen LogP contribution in [0.2, 0.25) is 5.02 Å². The summed E-state index contributed by atoms with van der Waals surface area (Å²) in [5, 5.41) is 1.03. The minimum Gasteiger partial charge on any atom is -0.467 e. The highest BCUT2D eigenvalue weighted by Crippen LogP contribution is 2.28. The van der Waals surface area contributed by atoms with Crippen molar-refractivity contribution in [2.24, 2.45) is 0 Å². The number of rotatable bonds is 5. The Labute approximate surface area is 197 Å². The first-order valence-corrected chi connectivity index (χ1v) is 10.6. The number of halogens is 1. The molecule has 9 heteroatoms. The van der Waals surface area contributed by atoms with Crippen LogP contribution in [0.15, 0.2) is 68.4 Å². The molecule has 1 aliphatic rings. The molecule has 34 heavy (non-hydrogen) atoms. The highest BCUT2D eigenvalue weighted by Gasteiger charge is 2.36. The molecule has 0 spiro atoms. The summed E-state index contributed by atoms with van der Waals surface area (Å²) >= 11 is 6.20. The normalized spacial score (nSPS) is 12.9. The molecule has 0 saturated heterocycles. The molecule has 0 bridgehead atoms. The molecule has 170 valence electrons. The summed E-state index contributed by atoms with van der Waals surface area (Å²) in [5.74, 6) is -1.25. The van der Waals surface area contributed by atoms with Gasteiger partial charge in [0.2, 0.25) is 0 Å². The number of benzene rings is 2. The second kappa shape index (κ2) is 8.31. The number of aryl methyl sites for hydroxylation is 1. The SMILES string of the molecule is Cc1cc2oc(=O)cc(COC(=O)c3ccc4c(c3)C(=O)N(Cc3ccco3)C4=O)c2cc1Cl. The lowest BCUT2D eigenvalue weighted by Gasteiger charge is -2.11. The number of hydrogen-bond donors (Lipinski definition) is 0. The third-order valence-electron chi connectivity index (χ3n) is 5.57. The monoisotopic (exact) mass is 477 g/mol. The number of furan rings is 1. The van der Waals surface area contributed by atoms with E-state index in [-0.39, 0.29) is 29.8 Å². The molecule has 8 nitrogen and oxygen atoms in total. The molecule has 1 aliphatic heterocycles. The van der Waals surface area contributed by atoms with Crippen molar-refractivity contribution in [2.45, 2.75) is 20.1 Å². The molecule has 2 aromatic heterocycles. The Morgan fingerprint density at radius 1 is 1.03 bits per heavy atom. The maximum absolute atomic E-state index is 12.8. The Balaban J connectivity index is 1.37. The van der Waals surface area contributed by atoms with E-state index in [1.807, 2.05) is 0 Å². The molecular weight excluding hydrogens is 462 g/mol. The van der Waals surface area contributed by atoms with Gasteiger partial charge in [-0.1, -0.05) is 11.6 Å². The van der Waals surface area contributed by atoms with Gasteiger partial charge >= 0.3 is 11.6 Å². The van der Waals surface area contributed by atoms with Gasteiger partial charge in [0.1, 0.15) is 18.0 Å². The van der Waals surface area contributed by atoms with Crippen molar-refractivity contribution in [3.63, 3.8) is 0 Å². The maximum atomic E-state index is 12.8. The van der Waals surface area contributed by atoms with Crippen LogP contribution in [0.25, 0.3) is 11.0 Å². The van der Waals surface area contributed by atoms with E-state index >= 15 is 0 Å². The molecule has 0 unspecified atom stereocenters. The third-order valence-corrected chi connectivity index (χ3v) is 5.98. The predicted molar refractivity (Wildman–Crippen MR) is 121 cm³/mol. The van der Waals surface area contributed by atoms with Crippen molar-refractivity contribution in [3.05, 3.63) is 104 Å². The number of carbonyl (C=O) groups is 3. The van der Waals surface area contributed by atoms with Crippen LogP contribution in [0, 0.1) is 6.92 Å². The van der Waals surface area contributed by atoms with Crippen LogP contribution in [0.3, 0.4) is 0 Å². The average Bonchev–Trinajstić information content (AvgIpc) is 3.41. The maximum Gasteiger partial charge on any atom is 0.338 e. The summed E-state index contributed by atoms with van der Waals surface area (Å²) in [6.07, 6.45) is 1.45. The largest absolute Gasteiger partial charge is 0.467 e. The zero-order valence-corrected chi connectivity index (χ0v) is 18.5. The number of nitrogens with zero attached hydrogens (tertiary/aromatic N) is 1. The lowest BCUT2D eigenvalue weighted by atomic mass is 10.1. The van der Waals surface area contributed by atoms with E-state index in [0.29, 0.717) is 27.3 Å². The summed E-state index contributed by atoms with van der Waals surface area (Å²) in [6, 6.07) is 12.0. The van der Waals surface area contributed by atoms with Crippen LogP contribution in [0.5, 0.6) is 0 Å². The molecule has 0 radical (unpaired) electrons. The molecule has 0 atom stereocenters. The van der Waals surface area contributed by atoms with E-state index in [9.17, 15) is 19.2 Å². The van der Waals surface area contributed by atoms with E-state index in [1.165, 1.54) is 30.5 Å². The van der Waals surface area contributed by atoms with E-state index in [1.54, 1.807) is 31.2 Å². The fraction of sp³-hybridized carbons (Fsp3) is 0.120. The molecule has 2 amide bonds. The summed E-state index contributed by atoms with van der Waals surface area (Å²) in [6.45, 7) is 1.56. The van der Waals surface area contributed by atoms with E-state index in [4.69, 9.17) is 25.2 Å². The van der Waals surface area contributed by atoms with Crippen LogP contribution in [0.1, 0.15) is 48.0 Å². The van der Waals surface area contributed by atoms with Crippen molar-refractivity contribution in [1.82, 2.24) is 4.90 Å². The second-order valence-corrected chi connectivity index (χ2v) is 8.21. The Bertz CT molecular complexity index is 1540. The van der Waals surface area contributed by atoms with Gasteiger partial charge in [-0.15, -0.1) is 0 Å². The standard InChI is InChI=1S/C25H16ClNO7/c1-13-7-21-18(10-20(13)26)15(9-22(28)34-21)12-33-25(31)14-4-5-17-19(8-14)24(30)27(23(17)29)11-16-3-2-6-32-16/h2-10H,11-12H2,1H3. The van der Waals surface area contributed by atoms with Gasteiger partial charge in [-0.05, 0) is 55.0 Å². The molecule has 0 saturated carbocycles. The number of esters is 1. The van der Waals surface area contributed by atoms with Gasteiger partial charge in [-0.3, -0.25) is 14.5 Å². The minimum absolute atomic E-state index is 0.00910. The van der Waals surface area contributed by atoms with Gasteiger partial charge in [0.05, 0.1) is 29.5 Å². The molecule has 5 rings (SSSR count). The van der Waals surface area contributed by atoms with Crippen LogP contribution in [-0.2, 0) is 17.9 Å². The number of hydrogen-bond acceptors (Lipinski definition) is 7. The Morgan fingerprint density at radius 3 is 2.59 bits per heavy atom. The van der Waals surface area contributed by atoms with Gasteiger partial charge in [0, 0.05) is 22.0 Å². The van der Waals surface area contributed by atoms with Gasteiger partial charge in [-0.2, -0.15) is 0 Å². The molecule has 0 fully saturated rings. The second-order valence-electron chi connectivity index (χ2n) is 7.80. The summed E-state index contributed by atoms with van der Waals surface area (Å²) in [7, 11) is 0. The Kier molecular flexibility index (Phi) is 5.30. The predicted octanol–water partition coefficient (Wildman–Crippen LogP) is 4.50. The fourth-order valence-corrected chi connectivity index (χ4v) is 3.98. The lowest BCUT2D eigenvalue weighted by Crippen LogP contribution is -2.28. The Morgan fingerprint density at radius 2 is 1.82 bits per heavy atom. The smallest absolute Gasteiger partial charge is 0.338 e. The summed E-state index contributed by atoms with van der Waals surface area (Å²) in [5.41, 5.74) is 1.32. The summed E-state index contributed by atoms with van der Waals surface area (Å²) < 4.78 is 15.8. The van der Waals surface area contributed by atoms with Gasteiger partial charge < -0.3 is 13.6 Å². The number of fused-ring (bicyclic) bond motifs is 2. The molecule has 0 aliphatic carbocycles. The van der Waals surface area contributed by atoms with Gasteiger partial charge in [0.25, 0.3) is 11.8 Å². The number of amides is 2. The number of carbonyl (C=O) groups excluding carboxylic acids is 3. The van der Waals surface area contributed by atoms with Crippen LogP contribution in [0.4, 0.5) is 0 Å². The fourth-order valence-electron chi connectivity index (χ4n) is 3.81. The van der Waals surface area contributed by atoms with Gasteiger partial charge in [0.15, 0.2) is 0 Å². The highest BCUT2D eigenvalue weighted by atomic mass is 35.5. The Hall–Kier alpha value is -4.17. The number of ether oxygens (including phenoxy) is 1. The van der Waals surface area contributed by atoms with E-state index in [2.05, 4.69) is 0 Å². The van der Waals surface area contributed by atoms with Crippen molar-refractivity contribution >= 4 is 40.4 Å². The zero-order valence-electron chi connectivity index (χ0n) is 17.8. The van der Waals surface area contributed by atoms with E-state index < -0.39 is 23.4 Å². The molecular formula is C25H16ClNO7. The van der Waals surface area contributed by atoms with Gasteiger partial charge in [-0.25, -0.2) is 9.59 Å². The van der Waals surface area contributed by atoms with Crippen LogP contribution in [-0.4, -0.2) is 22.7 Å². The molecule has 2 aromatic carbocycles. The first kappa shape index (κ1) is 21.7. The van der Waals surface area contributed by atoms with Crippen LogP contribution >= 0.6 is 11.6 Å².